The Balaban J connectivity index is 1.68. The van der Waals surface area contributed by atoms with Crippen LogP contribution < -0.4 is 10.3 Å². The summed E-state index contributed by atoms with van der Waals surface area (Å²) in [5, 5.41) is 0.363. The number of amides is 2. The zero-order valence-electron chi connectivity index (χ0n) is 18.4. The van der Waals surface area contributed by atoms with E-state index in [1.165, 1.54) is 4.90 Å². The molecule has 0 N–H and O–H groups in total. The van der Waals surface area contributed by atoms with Crippen molar-refractivity contribution in [2.24, 2.45) is 0 Å². The van der Waals surface area contributed by atoms with E-state index < -0.39 is 11.4 Å². The van der Waals surface area contributed by atoms with E-state index in [0.29, 0.717) is 29.7 Å². The van der Waals surface area contributed by atoms with Gasteiger partial charge in [0.15, 0.2) is 11.0 Å². The van der Waals surface area contributed by atoms with Gasteiger partial charge >= 0.3 is 0 Å². The van der Waals surface area contributed by atoms with Crippen LogP contribution in [0.2, 0.25) is 0 Å². The van der Waals surface area contributed by atoms with Crippen LogP contribution in [0, 0.1) is 0 Å². The number of rotatable bonds is 4. The molecule has 1 fully saturated rings. The molecule has 0 aliphatic carbocycles. The molecule has 6 rings (SSSR count). The van der Waals surface area contributed by atoms with Crippen LogP contribution in [0.15, 0.2) is 57.7 Å². The van der Waals surface area contributed by atoms with E-state index in [4.69, 9.17) is 9.15 Å². The molecule has 1 spiro atoms. The summed E-state index contributed by atoms with van der Waals surface area (Å²) in [5.74, 6) is -0.763. The SMILES string of the molecule is CCCN1C(=O)C2(c3ccccc31)c1c(oc3ccccc3c1=O)C(=O)N2CC1CCCO1. The molecule has 2 aromatic carbocycles. The molecule has 2 atom stereocenters. The second-order valence-corrected chi connectivity index (χ2v) is 8.87. The molecule has 33 heavy (non-hydrogen) atoms. The summed E-state index contributed by atoms with van der Waals surface area (Å²) in [6, 6.07) is 14.3. The molecule has 4 heterocycles. The monoisotopic (exact) mass is 444 g/mol. The Hall–Kier alpha value is -3.45. The fraction of sp³-hybridized carbons (Fsp3) is 0.346. The lowest BCUT2D eigenvalue weighted by molar-refractivity contribution is -0.126. The molecule has 1 saturated heterocycles. The van der Waals surface area contributed by atoms with E-state index in [2.05, 4.69) is 0 Å². The molecule has 2 amide bonds. The van der Waals surface area contributed by atoms with Crippen LogP contribution in [0.5, 0.6) is 0 Å². The third kappa shape index (κ3) is 2.57. The summed E-state index contributed by atoms with van der Waals surface area (Å²) in [6.45, 7) is 3.34. The molecule has 3 aromatic rings. The summed E-state index contributed by atoms with van der Waals surface area (Å²) in [7, 11) is 0. The van der Waals surface area contributed by atoms with Crippen molar-refractivity contribution in [3.05, 3.63) is 75.6 Å². The minimum atomic E-state index is -1.55. The quantitative estimate of drug-likeness (QED) is 0.616. The molecule has 0 saturated carbocycles. The van der Waals surface area contributed by atoms with Gasteiger partial charge in [0.25, 0.3) is 11.8 Å². The van der Waals surface area contributed by atoms with Gasteiger partial charge in [0.05, 0.1) is 22.7 Å². The van der Waals surface area contributed by atoms with E-state index >= 15 is 0 Å². The van der Waals surface area contributed by atoms with Crippen LogP contribution in [-0.2, 0) is 15.1 Å². The van der Waals surface area contributed by atoms with Crippen LogP contribution in [0.4, 0.5) is 5.69 Å². The maximum Gasteiger partial charge on any atom is 0.291 e. The molecule has 3 aliphatic heterocycles. The Labute approximate surface area is 190 Å². The van der Waals surface area contributed by atoms with Crippen LogP contribution in [0.25, 0.3) is 11.0 Å². The van der Waals surface area contributed by atoms with Crippen molar-refractivity contribution in [2.75, 3.05) is 24.6 Å². The fourth-order valence-corrected chi connectivity index (χ4v) is 5.63. The van der Waals surface area contributed by atoms with Crippen LogP contribution in [-0.4, -0.2) is 42.5 Å². The third-order valence-corrected chi connectivity index (χ3v) is 7.00. The first kappa shape index (κ1) is 20.2. The minimum Gasteiger partial charge on any atom is -0.450 e. The normalized spacial score (nSPS) is 23.7. The van der Waals surface area contributed by atoms with Gasteiger partial charge in [-0.05, 0) is 37.5 Å². The molecule has 1 aromatic heterocycles. The average molecular weight is 444 g/mol. The van der Waals surface area contributed by atoms with Crippen molar-refractivity contribution < 1.29 is 18.7 Å². The number of hydrogen-bond acceptors (Lipinski definition) is 5. The molecular formula is C26H24N2O5. The summed E-state index contributed by atoms with van der Waals surface area (Å²) in [6.07, 6.45) is 2.26. The van der Waals surface area contributed by atoms with Crippen LogP contribution in [0.1, 0.15) is 47.9 Å². The Kier molecular flexibility index (Phi) is 4.45. The van der Waals surface area contributed by atoms with Gasteiger partial charge in [-0.1, -0.05) is 37.3 Å². The van der Waals surface area contributed by atoms with Crippen molar-refractivity contribution in [2.45, 2.75) is 37.8 Å². The molecule has 168 valence electrons. The summed E-state index contributed by atoms with van der Waals surface area (Å²) in [4.78, 5) is 45.2. The second kappa shape index (κ2) is 7.28. The molecule has 2 unspecified atom stereocenters. The van der Waals surface area contributed by atoms with E-state index in [-0.39, 0.29) is 35.3 Å². The van der Waals surface area contributed by atoms with Crippen molar-refractivity contribution in [1.82, 2.24) is 4.90 Å². The second-order valence-electron chi connectivity index (χ2n) is 8.87. The van der Waals surface area contributed by atoms with E-state index in [1.54, 1.807) is 29.2 Å². The smallest absolute Gasteiger partial charge is 0.291 e. The van der Waals surface area contributed by atoms with Crippen molar-refractivity contribution in [3.63, 3.8) is 0 Å². The number of nitrogens with zero attached hydrogens (tertiary/aromatic N) is 2. The van der Waals surface area contributed by atoms with Gasteiger partial charge in [-0.25, -0.2) is 0 Å². The zero-order valence-corrected chi connectivity index (χ0v) is 18.4. The standard InChI is InChI=1S/C26H24N2O5/c1-2-13-27-19-11-5-4-10-18(19)26(25(27)31)21-22(29)17-9-3-6-12-20(17)33-23(21)24(30)28(26)15-16-8-7-14-32-16/h3-6,9-12,16H,2,7-8,13-15H2,1H3. The maximum atomic E-state index is 14.3. The van der Waals surface area contributed by atoms with Crippen LogP contribution in [0.3, 0.4) is 0 Å². The van der Waals surface area contributed by atoms with Gasteiger partial charge in [-0.2, -0.15) is 0 Å². The Morgan fingerprint density at radius 2 is 1.85 bits per heavy atom. The lowest BCUT2D eigenvalue weighted by atomic mass is 9.83. The largest absolute Gasteiger partial charge is 0.450 e. The average Bonchev–Trinajstić information content (AvgIpc) is 3.49. The number of anilines is 1. The van der Waals surface area contributed by atoms with Gasteiger partial charge in [0, 0.05) is 25.3 Å². The Morgan fingerprint density at radius 3 is 2.64 bits per heavy atom. The number of benzene rings is 2. The number of fused-ring (bicyclic) bond motifs is 5. The molecule has 0 radical (unpaired) electrons. The number of ether oxygens (including phenoxy) is 1. The first-order chi connectivity index (χ1) is 16.1. The molecule has 0 bridgehead atoms. The first-order valence-corrected chi connectivity index (χ1v) is 11.5. The van der Waals surface area contributed by atoms with Gasteiger partial charge in [-0.3, -0.25) is 14.4 Å². The van der Waals surface area contributed by atoms with Gasteiger partial charge in [0.1, 0.15) is 5.58 Å². The van der Waals surface area contributed by atoms with Crippen molar-refractivity contribution in [3.8, 4) is 0 Å². The lowest BCUT2D eigenvalue weighted by Gasteiger charge is -2.35. The fourth-order valence-electron chi connectivity index (χ4n) is 5.63. The van der Waals surface area contributed by atoms with E-state index in [9.17, 15) is 14.4 Å². The zero-order chi connectivity index (χ0) is 22.7. The third-order valence-electron chi connectivity index (χ3n) is 7.00. The highest BCUT2D eigenvalue weighted by Crippen LogP contribution is 2.52. The predicted octanol–water partition coefficient (Wildman–Crippen LogP) is 3.43. The Morgan fingerprint density at radius 1 is 1.06 bits per heavy atom. The highest BCUT2D eigenvalue weighted by atomic mass is 16.5. The topological polar surface area (TPSA) is 80.1 Å². The molecule has 3 aliphatic rings. The molecule has 7 nitrogen and oxygen atoms in total. The highest BCUT2D eigenvalue weighted by Gasteiger charge is 2.65. The van der Waals surface area contributed by atoms with Gasteiger partial charge < -0.3 is 19.0 Å². The summed E-state index contributed by atoms with van der Waals surface area (Å²) >= 11 is 0. The number of para-hydroxylation sites is 2. The van der Waals surface area contributed by atoms with E-state index in [0.717, 1.165) is 24.9 Å². The lowest BCUT2D eigenvalue weighted by Crippen LogP contribution is -2.55. The van der Waals surface area contributed by atoms with Gasteiger partial charge in [0.2, 0.25) is 5.76 Å². The summed E-state index contributed by atoms with van der Waals surface area (Å²) in [5.41, 5.74) is -0.0370. The molecular weight excluding hydrogens is 420 g/mol. The maximum absolute atomic E-state index is 14.3. The summed E-state index contributed by atoms with van der Waals surface area (Å²) < 4.78 is 11.9. The number of hydrogen-bond donors (Lipinski definition) is 0. The van der Waals surface area contributed by atoms with Crippen molar-refractivity contribution >= 4 is 28.5 Å². The Bertz CT molecular complexity index is 1360. The first-order valence-electron chi connectivity index (χ1n) is 11.5. The van der Waals surface area contributed by atoms with Crippen molar-refractivity contribution in [1.29, 1.82) is 0 Å². The predicted molar refractivity (Wildman–Crippen MR) is 122 cm³/mol. The van der Waals surface area contributed by atoms with Crippen LogP contribution >= 0.6 is 0 Å². The van der Waals surface area contributed by atoms with Gasteiger partial charge in [-0.15, -0.1) is 0 Å². The highest BCUT2D eigenvalue weighted by molar-refractivity contribution is 6.17. The van der Waals surface area contributed by atoms with E-state index in [1.807, 2.05) is 31.2 Å². The minimum absolute atomic E-state index is 0.0433. The molecule has 7 heteroatoms. The number of carbonyl (C=O) groups is 2. The number of carbonyl (C=O) groups excluding carboxylic acids is 2.